The lowest BCUT2D eigenvalue weighted by Gasteiger charge is -2.29. The number of nitrogens with zero attached hydrogens (tertiary/aromatic N) is 4. The van der Waals surface area contributed by atoms with Gasteiger partial charge in [-0.05, 0) is 43.6 Å². The summed E-state index contributed by atoms with van der Waals surface area (Å²) in [5, 5.41) is 3.18. The summed E-state index contributed by atoms with van der Waals surface area (Å²) >= 11 is 0. The van der Waals surface area contributed by atoms with Crippen LogP contribution in [-0.4, -0.2) is 46.0 Å². The smallest absolute Gasteiger partial charge is 0.228 e. The van der Waals surface area contributed by atoms with Gasteiger partial charge in [0.25, 0.3) is 0 Å². The van der Waals surface area contributed by atoms with Crippen LogP contribution in [0.1, 0.15) is 24.2 Å². The average Bonchev–Trinajstić information content (AvgIpc) is 2.67. The number of nitrogens with two attached hydrogens (primary N) is 2. The van der Waals surface area contributed by atoms with Crippen LogP contribution in [0, 0.1) is 5.92 Å². The van der Waals surface area contributed by atoms with Crippen molar-refractivity contribution < 1.29 is 9.53 Å². The molecule has 27 heavy (non-hydrogen) atoms. The minimum Gasteiger partial charge on any atom is -0.497 e. The van der Waals surface area contributed by atoms with E-state index in [9.17, 15) is 4.79 Å². The highest BCUT2D eigenvalue weighted by atomic mass is 16.5. The van der Waals surface area contributed by atoms with Crippen LogP contribution in [0.5, 0.6) is 5.75 Å². The van der Waals surface area contributed by atoms with Gasteiger partial charge in [-0.1, -0.05) is 12.1 Å². The van der Waals surface area contributed by atoms with Gasteiger partial charge in [-0.25, -0.2) is 0 Å². The molecule has 0 aliphatic carbocycles. The van der Waals surface area contributed by atoms with Gasteiger partial charge in [-0.3, -0.25) is 9.69 Å². The van der Waals surface area contributed by atoms with E-state index in [1.54, 1.807) is 7.11 Å². The number of aromatic nitrogens is 3. The lowest BCUT2D eigenvalue weighted by molar-refractivity contribution is -0.123. The Bertz CT molecular complexity index is 774. The van der Waals surface area contributed by atoms with Gasteiger partial charge in [-0.15, -0.1) is 0 Å². The molecular weight excluding hydrogens is 346 g/mol. The highest BCUT2D eigenvalue weighted by Crippen LogP contribution is 2.18. The Morgan fingerprint density at radius 1 is 1.22 bits per heavy atom. The van der Waals surface area contributed by atoms with Crippen molar-refractivity contribution in [2.24, 2.45) is 11.7 Å². The van der Waals surface area contributed by atoms with Crippen LogP contribution < -0.4 is 21.5 Å². The number of primary amides is 1. The molecule has 9 nitrogen and oxygen atoms in total. The van der Waals surface area contributed by atoms with Crippen molar-refractivity contribution in [3.8, 4) is 5.75 Å². The van der Waals surface area contributed by atoms with Gasteiger partial charge in [-0.2, -0.15) is 15.0 Å². The van der Waals surface area contributed by atoms with E-state index in [0.29, 0.717) is 24.9 Å². The molecule has 0 atom stereocenters. The highest BCUT2D eigenvalue weighted by molar-refractivity contribution is 5.76. The van der Waals surface area contributed by atoms with Crippen molar-refractivity contribution >= 4 is 17.8 Å². The van der Waals surface area contributed by atoms with E-state index < -0.39 is 0 Å². The maximum atomic E-state index is 11.3. The molecule has 0 saturated carbocycles. The van der Waals surface area contributed by atoms with Gasteiger partial charge < -0.3 is 21.5 Å². The van der Waals surface area contributed by atoms with Crippen molar-refractivity contribution in [3.63, 3.8) is 0 Å². The second kappa shape index (κ2) is 8.63. The second-order valence-corrected chi connectivity index (χ2v) is 6.59. The zero-order valence-corrected chi connectivity index (χ0v) is 15.4. The van der Waals surface area contributed by atoms with Crippen LogP contribution in [0.15, 0.2) is 24.3 Å². The molecule has 1 amide bonds. The van der Waals surface area contributed by atoms with Crippen molar-refractivity contribution in [2.45, 2.75) is 25.9 Å². The molecular formula is C18H25N7O2. The summed E-state index contributed by atoms with van der Waals surface area (Å²) in [6.45, 7) is 2.70. The van der Waals surface area contributed by atoms with Gasteiger partial charge in [0.15, 0.2) is 0 Å². The molecule has 3 rings (SSSR count). The van der Waals surface area contributed by atoms with Crippen LogP contribution in [0.3, 0.4) is 0 Å². The first-order chi connectivity index (χ1) is 13.0. The molecule has 1 aliphatic heterocycles. The summed E-state index contributed by atoms with van der Waals surface area (Å²) in [6.07, 6.45) is 1.52. The summed E-state index contributed by atoms with van der Waals surface area (Å²) in [4.78, 5) is 26.3. The topological polar surface area (TPSA) is 132 Å². The maximum absolute atomic E-state index is 11.3. The maximum Gasteiger partial charge on any atom is 0.228 e. The number of hydrogen-bond acceptors (Lipinski definition) is 8. The van der Waals surface area contributed by atoms with Crippen LogP contribution in [0.4, 0.5) is 11.9 Å². The third-order valence-corrected chi connectivity index (χ3v) is 4.66. The zero-order valence-electron chi connectivity index (χ0n) is 15.4. The van der Waals surface area contributed by atoms with E-state index >= 15 is 0 Å². The Morgan fingerprint density at radius 2 is 1.93 bits per heavy atom. The fourth-order valence-corrected chi connectivity index (χ4v) is 3.09. The first-order valence-corrected chi connectivity index (χ1v) is 8.92. The van der Waals surface area contributed by atoms with Crippen molar-refractivity contribution in [3.05, 3.63) is 35.7 Å². The number of nitrogens with one attached hydrogen (secondary N) is 1. The van der Waals surface area contributed by atoms with Crippen LogP contribution in [0.2, 0.25) is 0 Å². The standard InChI is InChI=1S/C18H25N7O2/c1-27-14-4-2-12(3-5-14)10-21-18-23-15(22-17(20)24-18)11-25-8-6-13(7-9-25)16(19)26/h2-5,13H,6-11H2,1H3,(H2,19,26)(H3,20,21,22,23,24). The van der Waals surface area contributed by atoms with E-state index in [1.165, 1.54) is 0 Å². The average molecular weight is 371 g/mol. The minimum atomic E-state index is -0.218. The summed E-state index contributed by atoms with van der Waals surface area (Å²) in [5.74, 6) is 1.79. The Kier molecular flexibility index (Phi) is 6.02. The van der Waals surface area contributed by atoms with Crippen molar-refractivity contribution in [1.82, 2.24) is 19.9 Å². The molecule has 9 heteroatoms. The molecule has 0 unspecified atom stereocenters. The highest BCUT2D eigenvalue weighted by Gasteiger charge is 2.23. The molecule has 1 aromatic heterocycles. The number of carbonyl (C=O) groups excluding carboxylic acids is 1. The number of methoxy groups -OCH3 is 1. The predicted octanol–water partition coefficient (Wildman–Crippen LogP) is 0.772. The molecule has 2 heterocycles. The number of nitrogen functional groups attached to an aromatic ring is 1. The summed E-state index contributed by atoms with van der Waals surface area (Å²) in [6, 6.07) is 7.75. The molecule has 1 aromatic carbocycles. The Balaban J connectivity index is 1.58. The first-order valence-electron chi connectivity index (χ1n) is 8.92. The molecule has 1 aliphatic rings. The van der Waals surface area contributed by atoms with Crippen molar-refractivity contribution in [2.75, 3.05) is 31.2 Å². The summed E-state index contributed by atoms with van der Waals surface area (Å²) in [5.41, 5.74) is 12.3. The Morgan fingerprint density at radius 3 is 2.56 bits per heavy atom. The summed E-state index contributed by atoms with van der Waals surface area (Å²) in [7, 11) is 1.64. The number of rotatable bonds is 7. The SMILES string of the molecule is COc1ccc(CNc2nc(N)nc(CN3CCC(C(N)=O)CC3)n2)cc1. The number of piperidine rings is 1. The number of likely N-dealkylation sites (tertiary alicyclic amines) is 1. The van der Waals surface area contributed by atoms with Gasteiger partial charge >= 0.3 is 0 Å². The largest absolute Gasteiger partial charge is 0.497 e. The third-order valence-electron chi connectivity index (χ3n) is 4.66. The van der Waals surface area contributed by atoms with Gasteiger partial charge in [0.1, 0.15) is 11.6 Å². The van der Waals surface area contributed by atoms with Gasteiger partial charge in [0, 0.05) is 12.5 Å². The van der Waals surface area contributed by atoms with Gasteiger partial charge in [0.2, 0.25) is 17.8 Å². The molecule has 0 spiro atoms. The fraction of sp³-hybridized carbons (Fsp3) is 0.444. The molecule has 5 N–H and O–H groups in total. The van der Waals surface area contributed by atoms with Crippen molar-refractivity contribution in [1.29, 1.82) is 0 Å². The number of carbonyl (C=O) groups is 1. The van der Waals surface area contributed by atoms with E-state index in [1.807, 2.05) is 24.3 Å². The molecule has 0 radical (unpaired) electrons. The molecule has 0 bridgehead atoms. The number of benzene rings is 1. The first kappa shape index (κ1) is 18.8. The fourth-order valence-electron chi connectivity index (χ4n) is 3.09. The Hall–Kier alpha value is -2.94. The van der Waals surface area contributed by atoms with E-state index in [4.69, 9.17) is 16.2 Å². The third kappa shape index (κ3) is 5.27. The predicted molar refractivity (Wildman–Crippen MR) is 102 cm³/mol. The molecule has 1 fully saturated rings. The van der Waals surface area contributed by atoms with Crippen LogP contribution >= 0.6 is 0 Å². The van der Waals surface area contributed by atoms with Crippen LogP contribution in [-0.2, 0) is 17.9 Å². The van der Waals surface area contributed by atoms with Gasteiger partial charge in [0.05, 0.1) is 13.7 Å². The number of amides is 1. The van der Waals surface area contributed by atoms with Crippen LogP contribution in [0.25, 0.3) is 0 Å². The van der Waals surface area contributed by atoms with E-state index in [2.05, 4.69) is 25.2 Å². The lowest BCUT2D eigenvalue weighted by Crippen LogP contribution is -2.38. The monoisotopic (exact) mass is 371 g/mol. The zero-order chi connectivity index (χ0) is 19.2. The molecule has 144 valence electrons. The van der Waals surface area contributed by atoms with E-state index in [-0.39, 0.29) is 17.8 Å². The lowest BCUT2D eigenvalue weighted by atomic mass is 9.96. The normalized spacial score (nSPS) is 15.4. The number of hydrogen-bond donors (Lipinski definition) is 3. The number of ether oxygens (including phenoxy) is 1. The Labute approximate surface area is 158 Å². The molecule has 1 saturated heterocycles. The summed E-state index contributed by atoms with van der Waals surface area (Å²) < 4.78 is 5.16. The number of anilines is 2. The minimum absolute atomic E-state index is 0.0357. The quantitative estimate of drug-likeness (QED) is 0.650. The van der Waals surface area contributed by atoms with E-state index in [0.717, 1.165) is 37.2 Å². The molecule has 2 aromatic rings. The second-order valence-electron chi connectivity index (χ2n) is 6.59.